The molecule has 1 atom stereocenters. The first-order chi connectivity index (χ1) is 9.78. The van der Waals surface area contributed by atoms with Gasteiger partial charge in [-0.25, -0.2) is 21.6 Å². The molecule has 0 N–H and O–H groups in total. The lowest BCUT2D eigenvalue weighted by molar-refractivity contribution is -0.144. The summed E-state index contributed by atoms with van der Waals surface area (Å²) in [7, 11) is -3.52. The van der Waals surface area contributed by atoms with Crippen molar-refractivity contribution in [3.05, 3.63) is 29.6 Å². The summed E-state index contributed by atoms with van der Waals surface area (Å²) in [6.07, 6.45) is 0.541. The maximum atomic E-state index is 13.7. The van der Waals surface area contributed by atoms with Crippen LogP contribution in [0.4, 0.5) is 13.2 Å². The number of halogens is 3. The van der Waals surface area contributed by atoms with E-state index in [1.54, 1.807) is 0 Å². The van der Waals surface area contributed by atoms with Crippen molar-refractivity contribution in [2.45, 2.75) is 23.8 Å². The first-order valence-electron chi connectivity index (χ1n) is 6.03. The molecule has 21 heavy (non-hydrogen) atoms. The SMILES string of the molecule is COC(=O)C1CCCN1S(=O)(=O)c1c(F)cc(F)cc1F. The summed E-state index contributed by atoms with van der Waals surface area (Å²) >= 11 is 0. The van der Waals surface area contributed by atoms with E-state index in [4.69, 9.17) is 0 Å². The van der Waals surface area contributed by atoms with Crippen LogP contribution in [0.1, 0.15) is 12.8 Å². The van der Waals surface area contributed by atoms with E-state index in [2.05, 4.69) is 4.74 Å². The van der Waals surface area contributed by atoms with Crippen LogP contribution in [0.2, 0.25) is 0 Å². The van der Waals surface area contributed by atoms with Crippen molar-refractivity contribution >= 4 is 16.0 Å². The molecule has 1 heterocycles. The number of rotatable bonds is 3. The summed E-state index contributed by atoms with van der Waals surface area (Å²) in [4.78, 5) is 10.3. The molecule has 0 aliphatic carbocycles. The van der Waals surface area contributed by atoms with Gasteiger partial charge >= 0.3 is 5.97 Å². The molecule has 0 amide bonds. The normalized spacial score (nSPS) is 19.7. The highest BCUT2D eigenvalue weighted by Gasteiger charge is 2.42. The van der Waals surface area contributed by atoms with Gasteiger partial charge in [-0.1, -0.05) is 0 Å². The molecule has 1 unspecified atom stereocenters. The minimum atomic E-state index is -4.61. The van der Waals surface area contributed by atoms with E-state index < -0.39 is 44.4 Å². The van der Waals surface area contributed by atoms with Crippen molar-refractivity contribution in [3.63, 3.8) is 0 Å². The number of sulfonamides is 1. The predicted molar refractivity (Wildman–Crippen MR) is 65.2 cm³/mol. The third kappa shape index (κ3) is 2.75. The molecule has 1 aliphatic rings. The fourth-order valence-corrected chi connectivity index (χ4v) is 4.03. The van der Waals surface area contributed by atoms with Crippen LogP contribution in [-0.4, -0.2) is 38.4 Å². The van der Waals surface area contributed by atoms with Gasteiger partial charge in [0.05, 0.1) is 7.11 Å². The number of carbonyl (C=O) groups excluding carboxylic acids is 1. The van der Waals surface area contributed by atoms with Crippen molar-refractivity contribution < 1.29 is 31.1 Å². The van der Waals surface area contributed by atoms with Crippen LogP contribution in [0.3, 0.4) is 0 Å². The predicted octanol–water partition coefficient (Wildman–Crippen LogP) is 1.43. The Bertz CT molecular complexity index is 654. The molecule has 0 spiro atoms. The molecule has 0 aromatic heterocycles. The number of esters is 1. The number of methoxy groups -OCH3 is 1. The highest BCUT2D eigenvalue weighted by atomic mass is 32.2. The van der Waals surface area contributed by atoms with Gasteiger partial charge in [-0.3, -0.25) is 4.79 Å². The molecule has 0 saturated carbocycles. The van der Waals surface area contributed by atoms with Crippen molar-refractivity contribution in [2.75, 3.05) is 13.7 Å². The number of benzene rings is 1. The maximum Gasteiger partial charge on any atom is 0.324 e. The summed E-state index contributed by atoms with van der Waals surface area (Å²) < 4.78 is 70.0. The molecular weight excluding hydrogens is 311 g/mol. The summed E-state index contributed by atoms with van der Waals surface area (Å²) in [5.74, 6) is -5.11. The molecule has 0 radical (unpaired) electrons. The van der Waals surface area contributed by atoms with Crippen LogP contribution in [0, 0.1) is 17.5 Å². The Morgan fingerprint density at radius 3 is 2.38 bits per heavy atom. The van der Waals surface area contributed by atoms with Crippen LogP contribution in [-0.2, 0) is 19.6 Å². The van der Waals surface area contributed by atoms with Gasteiger partial charge in [-0.2, -0.15) is 4.31 Å². The minimum Gasteiger partial charge on any atom is -0.468 e. The van der Waals surface area contributed by atoms with Crippen molar-refractivity contribution in [2.24, 2.45) is 0 Å². The summed E-state index contributed by atoms with van der Waals surface area (Å²) in [5, 5.41) is 0. The summed E-state index contributed by atoms with van der Waals surface area (Å²) in [5.41, 5.74) is 0. The number of hydrogen-bond acceptors (Lipinski definition) is 4. The van der Waals surface area contributed by atoms with E-state index in [-0.39, 0.29) is 25.1 Å². The third-order valence-electron chi connectivity index (χ3n) is 3.21. The van der Waals surface area contributed by atoms with Crippen molar-refractivity contribution in [3.8, 4) is 0 Å². The fourth-order valence-electron chi connectivity index (χ4n) is 2.29. The highest BCUT2D eigenvalue weighted by molar-refractivity contribution is 7.89. The number of carbonyl (C=O) groups is 1. The zero-order valence-corrected chi connectivity index (χ0v) is 11.8. The van der Waals surface area contributed by atoms with Crippen LogP contribution in [0.25, 0.3) is 0 Å². The Labute approximate surface area is 119 Å². The van der Waals surface area contributed by atoms with Crippen LogP contribution >= 0.6 is 0 Å². The monoisotopic (exact) mass is 323 g/mol. The largest absolute Gasteiger partial charge is 0.468 e. The molecule has 1 aromatic carbocycles. The van der Waals surface area contributed by atoms with E-state index in [9.17, 15) is 26.4 Å². The van der Waals surface area contributed by atoms with Gasteiger partial charge in [0.2, 0.25) is 10.0 Å². The van der Waals surface area contributed by atoms with E-state index in [0.29, 0.717) is 10.7 Å². The second-order valence-electron chi connectivity index (χ2n) is 4.50. The van der Waals surface area contributed by atoms with E-state index in [0.717, 1.165) is 7.11 Å². The topological polar surface area (TPSA) is 63.7 Å². The molecule has 5 nitrogen and oxygen atoms in total. The molecule has 1 fully saturated rings. The maximum absolute atomic E-state index is 13.7. The molecule has 1 aromatic rings. The molecule has 1 aliphatic heterocycles. The third-order valence-corrected chi connectivity index (χ3v) is 5.17. The van der Waals surface area contributed by atoms with Gasteiger partial charge in [0, 0.05) is 18.7 Å². The molecule has 2 rings (SSSR count). The zero-order valence-electron chi connectivity index (χ0n) is 11.0. The average molecular weight is 323 g/mol. The van der Waals surface area contributed by atoms with E-state index >= 15 is 0 Å². The van der Waals surface area contributed by atoms with Gasteiger partial charge in [0.15, 0.2) is 4.90 Å². The Morgan fingerprint density at radius 1 is 1.29 bits per heavy atom. The average Bonchev–Trinajstić information content (AvgIpc) is 2.86. The Balaban J connectivity index is 2.50. The fraction of sp³-hybridized carbons (Fsp3) is 0.417. The Kier molecular flexibility index (Phi) is 4.24. The van der Waals surface area contributed by atoms with Crippen molar-refractivity contribution in [1.82, 2.24) is 4.31 Å². The first kappa shape index (κ1) is 15.8. The zero-order chi connectivity index (χ0) is 15.8. The Morgan fingerprint density at radius 2 is 1.86 bits per heavy atom. The second kappa shape index (κ2) is 5.64. The standard InChI is InChI=1S/C12H12F3NO4S/c1-20-12(17)10-3-2-4-16(10)21(18,19)11-8(14)5-7(13)6-9(11)15/h5-6,10H,2-4H2,1H3. The van der Waals surface area contributed by atoms with Gasteiger partial charge < -0.3 is 4.74 Å². The van der Waals surface area contributed by atoms with Crippen LogP contribution in [0.15, 0.2) is 17.0 Å². The number of nitrogens with zero attached hydrogens (tertiary/aromatic N) is 1. The first-order valence-corrected chi connectivity index (χ1v) is 7.47. The smallest absolute Gasteiger partial charge is 0.324 e. The van der Waals surface area contributed by atoms with Crippen molar-refractivity contribution in [1.29, 1.82) is 0 Å². The van der Waals surface area contributed by atoms with E-state index in [1.807, 2.05) is 0 Å². The molecule has 9 heteroatoms. The van der Waals surface area contributed by atoms with Crippen LogP contribution < -0.4 is 0 Å². The lowest BCUT2D eigenvalue weighted by Crippen LogP contribution is -2.41. The molecule has 0 bridgehead atoms. The number of ether oxygens (including phenoxy) is 1. The quantitative estimate of drug-likeness (QED) is 0.790. The molecular formula is C12H12F3NO4S. The Hall–Kier alpha value is -1.61. The van der Waals surface area contributed by atoms with Gasteiger partial charge in [-0.05, 0) is 12.8 Å². The highest BCUT2D eigenvalue weighted by Crippen LogP contribution is 2.30. The van der Waals surface area contributed by atoms with Crippen LogP contribution in [0.5, 0.6) is 0 Å². The van der Waals surface area contributed by atoms with E-state index in [1.165, 1.54) is 0 Å². The number of hydrogen-bond donors (Lipinski definition) is 0. The van der Waals surface area contributed by atoms with Gasteiger partial charge in [-0.15, -0.1) is 0 Å². The molecule has 1 saturated heterocycles. The minimum absolute atomic E-state index is 0.0711. The molecule has 116 valence electrons. The second-order valence-corrected chi connectivity index (χ2v) is 6.32. The summed E-state index contributed by atoms with van der Waals surface area (Å²) in [6, 6.07) is -0.581. The summed E-state index contributed by atoms with van der Waals surface area (Å²) in [6.45, 7) is -0.0711. The van der Waals surface area contributed by atoms with Gasteiger partial charge in [0.25, 0.3) is 0 Å². The van der Waals surface area contributed by atoms with Gasteiger partial charge in [0.1, 0.15) is 23.5 Å². The lowest BCUT2D eigenvalue weighted by atomic mass is 10.2. The lowest BCUT2D eigenvalue weighted by Gasteiger charge is -2.22.